The molecule has 1 aromatic carbocycles. The molecule has 2 fully saturated rings. The van der Waals surface area contributed by atoms with Crippen LogP contribution in [-0.4, -0.2) is 37.0 Å². The molecule has 1 amide bonds. The number of hydrogen-bond donors (Lipinski definition) is 1. The summed E-state index contributed by atoms with van der Waals surface area (Å²) in [6.07, 6.45) is 12.4. The van der Waals surface area contributed by atoms with Crippen molar-refractivity contribution in [2.45, 2.75) is 64.2 Å². The van der Waals surface area contributed by atoms with Gasteiger partial charge in [0.2, 0.25) is 5.91 Å². The number of aryl methyl sites for hydroxylation is 1. The van der Waals surface area contributed by atoms with Gasteiger partial charge >= 0.3 is 0 Å². The Hall–Kier alpha value is -1.55. The summed E-state index contributed by atoms with van der Waals surface area (Å²) in [4.78, 5) is 14.2. The van der Waals surface area contributed by atoms with Gasteiger partial charge in [-0.2, -0.15) is 0 Å². The van der Waals surface area contributed by atoms with Crippen molar-refractivity contribution in [2.75, 3.05) is 31.6 Å². The minimum absolute atomic E-state index is 0.108. The van der Waals surface area contributed by atoms with Crippen LogP contribution in [0.25, 0.3) is 0 Å². The van der Waals surface area contributed by atoms with Crippen LogP contribution in [0.4, 0.5) is 5.69 Å². The van der Waals surface area contributed by atoms with Crippen molar-refractivity contribution in [3.63, 3.8) is 0 Å². The number of carbonyl (C=O) groups is 1. The molecule has 27 heavy (non-hydrogen) atoms. The van der Waals surface area contributed by atoms with E-state index in [9.17, 15) is 4.79 Å². The quantitative estimate of drug-likeness (QED) is 0.742. The number of fused-ring (bicyclic) bond motifs is 2. The van der Waals surface area contributed by atoms with Gasteiger partial charge in [-0.1, -0.05) is 31.7 Å². The van der Waals surface area contributed by atoms with Gasteiger partial charge in [-0.3, -0.25) is 4.79 Å². The number of carbonyl (C=O) groups excluding carboxylic acids is 1. The first-order valence-corrected chi connectivity index (χ1v) is 11.1. The highest BCUT2D eigenvalue weighted by molar-refractivity contribution is 5.94. The van der Waals surface area contributed by atoms with Crippen LogP contribution in [0.1, 0.15) is 63.4 Å². The number of anilines is 1. The number of rotatable bonds is 6. The van der Waals surface area contributed by atoms with Gasteiger partial charge in [0.25, 0.3) is 0 Å². The predicted octanol–water partition coefficient (Wildman–Crippen LogP) is 4.63. The Bertz CT molecular complexity index is 645. The van der Waals surface area contributed by atoms with E-state index in [1.807, 2.05) is 12.1 Å². The number of unbranched alkanes of at least 4 members (excludes halogenated alkanes) is 1. The van der Waals surface area contributed by atoms with Crippen LogP contribution in [0, 0.1) is 11.8 Å². The summed E-state index contributed by atoms with van der Waals surface area (Å²) in [6.45, 7) is 4.60. The molecule has 2 aliphatic heterocycles. The monoisotopic (exact) mass is 370 g/mol. The number of nitrogens with one attached hydrogen (secondary N) is 1. The van der Waals surface area contributed by atoms with Gasteiger partial charge in [-0.15, -0.1) is 0 Å². The van der Waals surface area contributed by atoms with E-state index in [4.69, 9.17) is 4.74 Å². The molecule has 4 heteroatoms. The lowest BCUT2D eigenvalue weighted by Gasteiger charge is -2.38. The molecule has 4 rings (SSSR count). The number of ether oxygens (including phenoxy) is 1. The van der Waals surface area contributed by atoms with Crippen LogP contribution in [0.2, 0.25) is 0 Å². The van der Waals surface area contributed by atoms with Crippen molar-refractivity contribution in [2.24, 2.45) is 11.8 Å². The first-order valence-electron chi connectivity index (χ1n) is 11.1. The molecule has 4 nitrogen and oxygen atoms in total. The second-order valence-electron chi connectivity index (χ2n) is 8.67. The van der Waals surface area contributed by atoms with Crippen molar-refractivity contribution < 1.29 is 9.53 Å². The lowest BCUT2D eigenvalue weighted by atomic mass is 9.82. The highest BCUT2D eigenvalue weighted by atomic mass is 16.5. The van der Waals surface area contributed by atoms with Crippen LogP contribution in [-0.2, 0) is 11.2 Å². The molecule has 2 unspecified atom stereocenters. The van der Waals surface area contributed by atoms with Crippen LogP contribution < -0.4 is 10.1 Å². The van der Waals surface area contributed by atoms with Crippen molar-refractivity contribution in [3.05, 3.63) is 23.8 Å². The maximum Gasteiger partial charge on any atom is 0.224 e. The van der Waals surface area contributed by atoms with Gasteiger partial charge in [0, 0.05) is 24.7 Å². The summed E-state index contributed by atoms with van der Waals surface area (Å²) < 4.78 is 5.93. The Balaban J connectivity index is 1.16. The predicted molar refractivity (Wildman–Crippen MR) is 109 cm³/mol. The molecular weight excluding hydrogens is 336 g/mol. The summed E-state index contributed by atoms with van der Waals surface area (Å²) in [5.74, 6) is 2.95. The molecule has 1 saturated heterocycles. The normalized spacial score (nSPS) is 25.9. The molecule has 0 spiro atoms. The standard InChI is InChI=1S/C23H34N2O2/c26-23-11-9-19-8-10-21(16-22(19)24-23)27-15-5-4-13-25-14-12-18-6-2-1-3-7-20(18)17-25/h8,10,16,18,20H,1-7,9,11-15,17H2,(H,24,26). The first-order chi connectivity index (χ1) is 13.3. The largest absolute Gasteiger partial charge is 0.494 e. The summed E-state index contributed by atoms with van der Waals surface area (Å²) in [5, 5.41) is 2.95. The fourth-order valence-electron chi connectivity index (χ4n) is 5.12. The second-order valence-corrected chi connectivity index (χ2v) is 8.67. The van der Waals surface area contributed by atoms with Gasteiger partial charge in [-0.05, 0) is 68.7 Å². The van der Waals surface area contributed by atoms with E-state index in [1.165, 1.54) is 70.1 Å². The number of amides is 1. The molecule has 1 saturated carbocycles. The fourth-order valence-corrected chi connectivity index (χ4v) is 5.12. The molecule has 0 bridgehead atoms. The lowest BCUT2D eigenvalue weighted by molar-refractivity contribution is -0.116. The van der Waals surface area contributed by atoms with Gasteiger partial charge in [0.1, 0.15) is 5.75 Å². The molecule has 0 radical (unpaired) electrons. The molecular formula is C23H34N2O2. The topological polar surface area (TPSA) is 41.6 Å². The Morgan fingerprint density at radius 3 is 2.85 bits per heavy atom. The summed E-state index contributed by atoms with van der Waals surface area (Å²) in [5.41, 5.74) is 2.14. The molecule has 1 N–H and O–H groups in total. The van der Waals surface area contributed by atoms with E-state index in [-0.39, 0.29) is 5.91 Å². The average molecular weight is 371 g/mol. The van der Waals surface area contributed by atoms with Crippen molar-refractivity contribution in [1.29, 1.82) is 0 Å². The van der Waals surface area contributed by atoms with Gasteiger partial charge < -0.3 is 15.0 Å². The number of benzene rings is 1. The average Bonchev–Trinajstić information content (AvgIpc) is 2.92. The second kappa shape index (κ2) is 9.09. The van der Waals surface area contributed by atoms with Crippen LogP contribution >= 0.6 is 0 Å². The molecule has 2 atom stereocenters. The zero-order valence-corrected chi connectivity index (χ0v) is 16.5. The number of nitrogens with zero attached hydrogens (tertiary/aromatic N) is 1. The van der Waals surface area contributed by atoms with Crippen LogP contribution in [0.5, 0.6) is 5.75 Å². The van der Waals surface area contributed by atoms with Gasteiger partial charge in [-0.25, -0.2) is 0 Å². The van der Waals surface area contributed by atoms with E-state index < -0.39 is 0 Å². The van der Waals surface area contributed by atoms with E-state index in [1.54, 1.807) is 0 Å². The van der Waals surface area contributed by atoms with Crippen molar-refractivity contribution >= 4 is 11.6 Å². The third-order valence-electron chi connectivity index (χ3n) is 6.74. The van der Waals surface area contributed by atoms with Crippen molar-refractivity contribution in [1.82, 2.24) is 4.90 Å². The molecule has 0 aromatic heterocycles. The molecule has 1 aliphatic carbocycles. The zero-order chi connectivity index (χ0) is 18.5. The van der Waals surface area contributed by atoms with E-state index in [0.717, 1.165) is 42.7 Å². The number of likely N-dealkylation sites (tertiary alicyclic amines) is 1. The summed E-state index contributed by atoms with van der Waals surface area (Å²) in [7, 11) is 0. The third kappa shape index (κ3) is 5.04. The van der Waals surface area contributed by atoms with Crippen LogP contribution in [0.15, 0.2) is 18.2 Å². The Morgan fingerprint density at radius 2 is 1.93 bits per heavy atom. The van der Waals surface area contributed by atoms with E-state index in [2.05, 4.69) is 16.3 Å². The molecule has 3 aliphatic rings. The van der Waals surface area contributed by atoms with Gasteiger partial charge in [0.05, 0.1) is 6.61 Å². The maximum atomic E-state index is 11.5. The number of piperidine rings is 1. The lowest BCUT2D eigenvalue weighted by Crippen LogP contribution is -2.40. The van der Waals surface area contributed by atoms with E-state index >= 15 is 0 Å². The molecule has 2 heterocycles. The summed E-state index contributed by atoms with van der Waals surface area (Å²) >= 11 is 0. The summed E-state index contributed by atoms with van der Waals surface area (Å²) in [6, 6.07) is 6.09. The first kappa shape index (κ1) is 18.8. The molecule has 148 valence electrons. The number of hydrogen-bond acceptors (Lipinski definition) is 3. The minimum Gasteiger partial charge on any atom is -0.494 e. The van der Waals surface area contributed by atoms with Gasteiger partial charge in [0.15, 0.2) is 0 Å². The Morgan fingerprint density at radius 1 is 1.04 bits per heavy atom. The smallest absolute Gasteiger partial charge is 0.224 e. The maximum absolute atomic E-state index is 11.5. The fraction of sp³-hybridized carbons (Fsp3) is 0.696. The highest BCUT2D eigenvalue weighted by Gasteiger charge is 2.29. The van der Waals surface area contributed by atoms with Crippen LogP contribution in [0.3, 0.4) is 0 Å². The SMILES string of the molecule is O=C1CCc2ccc(OCCCCN3CCC4CCCCCC4C3)cc2N1. The molecule has 1 aromatic rings. The van der Waals surface area contributed by atoms with Crippen molar-refractivity contribution in [3.8, 4) is 5.75 Å². The minimum atomic E-state index is 0.108. The Labute approximate surface area is 163 Å². The highest BCUT2D eigenvalue weighted by Crippen LogP contribution is 2.35. The third-order valence-corrected chi connectivity index (χ3v) is 6.74. The van der Waals surface area contributed by atoms with E-state index in [0.29, 0.717) is 6.42 Å². The zero-order valence-electron chi connectivity index (χ0n) is 16.5. The Kier molecular flexibility index (Phi) is 6.33.